The average molecular weight is 319 g/mol. The van der Waals surface area contributed by atoms with Crippen LogP contribution in [0.2, 0.25) is 0 Å². The molecule has 2 amide bonds. The molecule has 7 nitrogen and oxygen atoms in total. The van der Waals surface area contributed by atoms with Gasteiger partial charge in [-0.05, 0) is 12.5 Å². The summed E-state index contributed by atoms with van der Waals surface area (Å²) in [6.45, 7) is 7.09. The standard InChI is InChI=1S/C16H25N5O2/c1-4-5-8-19(3)15(23)14-6-7-17-16(18-14)21-11-9-20(10-12-21)13(2)22/h6-7H,4-5,8-12H2,1-3H3. The maximum absolute atomic E-state index is 12.4. The number of piperazine rings is 1. The molecule has 1 aliphatic heterocycles. The van der Waals surface area contributed by atoms with Crippen LogP contribution in [0.4, 0.5) is 5.95 Å². The van der Waals surface area contributed by atoms with Crippen molar-refractivity contribution in [1.82, 2.24) is 19.8 Å². The molecule has 2 rings (SSSR count). The van der Waals surface area contributed by atoms with E-state index < -0.39 is 0 Å². The molecule has 0 aliphatic carbocycles. The molecule has 0 unspecified atom stereocenters. The molecule has 0 atom stereocenters. The third-order valence-electron chi connectivity index (χ3n) is 4.06. The topological polar surface area (TPSA) is 69.6 Å². The largest absolute Gasteiger partial charge is 0.340 e. The second kappa shape index (κ2) is 7.89. The average Bonchev–Trinajstić information content (AvgIpc) is 2.59. The predicted octanol–water partition coefficient (Wildman–Crippen LogP) is 1.02. The molecular weight excluding hydrogens is 294 g/mol. The number of anilines is 1. The molecule has 1 saturated heterocycles. The summed E-state index contributed by atoms with van der Waals surface area (Å²) >= 11 is 0. The van der Waals surface area contributed by atoms with Gasteiger partial charge in [0.25, 0.3) is 5.91 Å². The first-order chi connectivity index (χ1) is 11.0. The summed E-state index contributed by atoms with van der Waals surface area (Å²) in [7, 11) is 1.80. The molecule has 0 radical (unpaired) electrons. The number of hydrogen-bond donors (Lipinski definition) is 0. The monoisotopic (exact) mass is 319 g/mol. The predicted molar refractivity (Wildman–Crippen MR) is 88.4 cm³/mol. The molecule has 0 N–H and O–H groups in total. The Balaban J connectivity index is 2.03. The highest BCUT2D eigenvalue weighted by molar-refractivity contribution is 5.92. The fraction of sp³-hybridized carbons (Fsp3) is 0.625. The van der Waals surface area contributed by atoms with E-state index in [0.717, 1.165) is 19.4 Å². The van der Waals surface area contributed by atoms with Crippen LogP contribution >= 0.6 is 0 Å². The molecule has 1 aromatic heterocycles. The van der Waals surface area contributed by atoms with Gasteiger partial charge in [0.1, 0.15) is 5.69 Å². The zero-order valence-corrected chi connectivity index (χ0v) is 14.2. The maximum atomic E-state index is 12.4. The lowest BCUT2D eigenvalue weighted by Crippen LogP contribution is -2.48. The molecule has 7 heteroatoms. The van der Waals surface area contributed by atoms with E-state index in [2.05, 4.69) is 16.9 Å². The van der Waals surface area contributed by atoms with Crippen molar-refractivity contribution in [3.05, 3.63) is 18.0 Å². The molecule has 1 aromatic rings. The second-order valence-electron chi connectivity index (χ2n) is 5.82. The maximum Gasteiger partial charge on any atom is 0.272 e. The summed E-state index contributed by atoms with van der Waals surface area (Å²) in [6.07, 6.45) is 3.65. The summed E-state index contributed by atoms with van der Waals surface area (Å²) in [5, 5.41) is 0. The first-order valence-electron chi connectivity index (χ1n) is 8.12. The Labute approximate surface area is 137 Å². The fourth-order valence-electron chi connectivity index (χ4n) is 2.53. The van der Waals surface area contributed by atoms with Crippen LogP contribution in [-0.2, 0) is 4.79 Å². The first-order valence-corrected chi connectivity index (χ1v) is 8.12. The summed E-state index contributed by atoms with van der Waals surface area (Å²) in [5.74, 6) is 0.569. The van der Waals surface area contributed by atoms with E-state index >= 15 is 0 Å². The zero-order chi connectivity index (χ0) is 16.8. The van der Waals surface area contributed by atoms with Gasteiger partial charge >= 0.3 is 0 Å². The summed E-state index contributed by atoms with van der Waals surface area (Å²) in [4.78, 5) is 38.0. The molecule has 0 aromatic carbocycles. The minimum atomic E-state index is -0.0792. The third kappa shape index (κ3) is 4.40. The first kappa shape index (κ1) is 17.2. The Bertz CT molecular complexity index is 555. The van der Waals surface area contributed by atoms with Crippen molar-refractivity contribution in [3.8, 4) is 0 Å². The summed E-state index contributed by atoms with van der Waals surface area (Å²) < 4.78 is 0. The number of hydrogen-bond acceptors (Lipinski definition) is 5. The van der Waals surface area contributed by atoms with E-state index in [0.29, 0.717) is 37.8 Å². The Morgan fingerprint density at radius 1 is 1.26 bits per heavy atom. The van der Waals surface area contributed by atoms with Gasteiger partial charge in [-0.3, -0.25) is 9.59 Å². The minimum Gasteiger partial charge on any atom is -0.340 e. The molecule has 23 heavy (non-hydrogen) atoms. The molecule has 1 aliphatic rings. The lowest BCUT2D eigenvalue weighted by atomic mass is 10.3. The molecule has 0 bridgehead atoms. The van der Waals surface area contributed by atoms with E-state index in [1.807, 2.05) is 9.80 Å². The van der Waals surface area contributed by atoms with Crippen LogP contribution in [0, 0.1) is 0 Å². The number of rotatable bonds is 5. The van der Waals surface area contributed by atoms with Gasteiger partial charge in [-0.25, -0.2) is 9.97 Å². The van der Waals surface area contributed by atoms with Gasteiger partial charge in [0.15, 0.2) is 0 Å². The summed E-state index contributed by atoms with van der Waals surface area (Å²) in [5.41, 5.74) is 0.419. The lowest BCUT2D eigenvalue weighted by molar-refractivity contribution is -0.129. The number of carbonyl (C=O) groups excluding carboxylic acids is 2. The van der Waals surface area contributed by atoms with Crippen molar-refractivity contribution in [2.24, 2.45) is 0 Å². The quantitative estimate of drug-likeness (QED) is 0.810. The normalized spacial score (nSPS) is 14.7. The van der Waals surface area contributed by atoms with Crippen molar-refractivity contribution >= 4 is 17.8 Å². The van der Waals surface area contributed by atoms with Gasteiger partial charge in [-0.2, -0.15) is 0 Å². The molecule has 0 saturated carbocycles. The third-order valence-corrected chi connectivity index (χ3v) is 4.06. The van der Waals surface area contributed by atoms with Crippen LogP contribution in [-0.4, -0.2) is 71.4 Å². The molecule has 0 spiro atoms. The van der Waals surface area contributed by atoms with Gasteiger partial charge in [-0.1, -0.05) is 13.3 Å². The van der Waals surface area contributed by atoms with E-state index in [-0.39, 0.29) is 11.8 Å². The molecule has 2 heterocycles. The van der Waals surface area contributed by atoms with E-state index in [1.54, 1.807) is 31.1 Å². The smallest absolute Gasteiger partial charge is 0.272 e. The second-order valence-corrected chi connectivity index (χ2v) is 5.82. The highest BCUT2D eigenvalue weighted by Gasteiger charge is 2.21. The Morgan fingerprint density at radius 2 is 1.96 bits per heavy atom. The van der Waals surface area contributed by atoms with Crippen molar-refractivity contribution in [3.63, 3.8) is 0 Å². The van der Waals surface area contributed by atoms with Crippen LogP contribution in [0.5, 0.6) is 0 Å². The Kier molecular flexibility index (Phi) is 5.90. The molecule has 1 fully saturated rings. The number of carbonyl (C=O) groups is 2. The zero-order valence-electron chi connectivity index (χ0n) is 14.2. The summed E-state index contributed by atoms with van der Waals surface area (Å²) in [6, 6.07) is 1.65. The van der Waals surface area contributed by atoms with E-state index in [4.69, 9.17) is 0 Å². The van der Waals surface area contributed by atoms with Crippen LogP contribution in [0.15, 0.2) is 12.3 Å². The highest BCUT2D eigenvalue weighted by atomic mass is 16.2. The van der Waals surface area contributed by atoms with Crippen molar-refractivity contribution in [2.75, 3.05) is 44.7 Å². The van der Waals surface area contributed by atoms with Crippen molar-refractivity contribution < 1.29 is 9.59 Å². The van der Waals surface area contributed by atoms with Crippen LogP contribution in [0.3, 0.4) is 0 Å². The van der Waals surface area contributed by atoms with Crippen molar-refractivity contribution in [2.45, 2.75) is 26.7 Å². The fourth-order valence-corrected chi connectivity index (χ4v) is 2.53. The lowest BCUT2D eigenvalue weighted by Gasteiger charge is -2.34. The minimum absolute atomic E-state index is 0.0792. The Morgan fingerprint density at radius 3 is 2.57 bits per heavy atom. The van der Waals surface area contributed by atoms with Crippen molar-refractivity contribution in [1.29, 1.82) is 0 Å². The molecular formula is C16H25N5O2. The van der Waals surface area contributed by atoms with Gasteiger partial charge in [0, 0.05) is 52.9 Å². The SMILES string of the molecule is CCCCN(C)C(=O)c1ccnc(N2CCN(C(C)=O)CC2)n1. The van der Waals surface area contributed by atoms with E-state index in [1.165, 1.54) is 0 Å². The van der Waals surface area contributed by atoms with E-state index in [9.17, 15) is 9.59 Å². The van der Waals surface area contributed by atoms with Gasteiger partial charge in [0.2, 0.25) is 11.9 Å². The number of nitrogens with zero attached hydrogens (tertiary/aromatic N) is 5. The molecule has 126 valence electrons. The number of unbranched alkanes of at least 4 members (excludes halogenated alkanes) is 1. The van der Waals surface area contributed by atoms with Crippen LogP contribution in [0.25, 0.3) is 0 Å². The number of aromatic nitrogens is 2. The van der Waals surface area contributed by atoms with Crippen LogP contribution in [0.1, 0.15) is 37.2 Å². The Hall–Kier alpha value is -2.18. The van der Waals surface area contributed by atoms with Gasteiger partial charge in [0.05, 0.1) is 0 Å². The van der Waals surface area contributed by atoms with Gasteiger partial charge in [-0.15, -0.1) is 0 Å². The highest BCUT2D eigenvalue weighted by Crippen LogP contribution is 2.12. The van der Waals surface area contributed by atoms with Crippen LogP contribution < -0.4 is 4.90 Å². The van der Waals surface area contributed by atoms with Gasteiger partial charge < -0.3 is 14.7 Å². The number of amides is 2.